The molecule has 6 rings (SSSR count). The molecule has 188 valence electrons. The van der Waals surface area contributed by atoms with E-state index in [0.717, 1.165) is 12.8 Å². The number of fused-ring (bicyclic) bond motifs is 5. The molecular weight excluding hydrogens is 558 g/mol. The van der Waals surface area contributed by atoms with E-state index in [1.54, 1.807) is 24.2 Å². The molecule has 0 aliphatic heterocycles. The molecule has 2 aromatic rings. The number of benzene rings is 2. The fraction of sp³-hybridized carbons (Fsp3) is 0.364. The van der Waals surface area contributed by atoms with Crippen LogP contribution in [0.4, 0.5) is 0 Å². The molecule has 2 aromatic carbocycles. The number of rotatable bonds is 0. The number of hydrogen-bond acceptors (Lipinski definition) is 0. The Hall–Kier alpha value is -1.27. The molecule has 0 aromatic heterocycles. The summed E-state index contributed by atoms with van der Waals surface area (Å²) in [5.41, 5.74) is 14.5. The van der Waals surface area contributed by atoms with Crippen LogP contribution < -0.4 is 24.8 Å². The second kappa shape index (κ2) is 11.6. The van der Waals surface area contributed by atoms with Crippen LogP contribution in [0.5, 0.6) is 0 Å². The molecule has 0 saturated carbocycles. The molecule has 0 amide bonds. The van der Waals surface area contributed by atoms with Gasteiger partial charge in [0, 0.05) is 5.41 Å². The van der Waals surface area contributed by atoms with Crippen LogP contribution in [0.15, 0.2) is 48.6 Å². The first kappa shape index (κ1) is 31.0. The van der Waals surface area contributed by atoms with Gasteiger partial charge in [0.05, 0.1) is 0 Å². The van der Waals surface area contributed by atoms with E-state index in [0.29, 0.717) is 0 Å². The van der Waals surface area contributed by atoms with E-state index >= 15 is 0 Å². The van der Waals surface area contributed by atoms with Crippen LogP contribution in [-0.2, 0) is 41.5 Å². The summed E-state index contributed by atoms with van der Waals surface area (Å²) >= 11 is 1.55. The molecular formula is C33H36Cl2Zr-2. The van der Waals surface area contributed by atoms with Gasteiger partial charge in [0.15, 0.2) is 0 Å². The fourth-order valence-corrected chi connectivity index (χ4v) is 5.62. The van der Waals surface area contributed by atoms with Gasteiger partial charge in [-0.3, -0.25) is 12.2 Å². The van der Waals surface area contributed by atoms with Gasteiger partial charge in [-0.15, -0.1) is 18.1 Å². The standard InChI is InChI=1S/C25H25.C5H5.C3H6.2ClH.Zr/c1-14-12-24(3,4)22-8-16-7-17-9-23-19(15(2)13-25(23,5)6)11-21(17)20(16)10-18(14)22;1-2-4-5-3-1;1-3-2;;;/h8-12H,7H2,1-6H3;1-3H,4H2;1-2H3;2*1H;/q2*-1;;;;+2/p-2. The van der Waals surface area contributed by atoms with Gasteiger partial charge in [0.2, 0.25) is 0 Å². The van der Waals surface area contributed by atoms with E-state index in [-0.39, 0.29) is 35.6 Å². The third-order valence-corrected chi connectivity index (χ3v) is 7.02. The third kappa shape index (κ3) is 6.06. The normalized spacial score (nSPS) is 17.5. The van der Waals surface area contributed by atoms with Gasteiger partial charge in [-0.1, -0.05) is 58.2 Å². The van der Waals surface area contributed by atoms with Crippen molar-refractivity contribution in [2.75, 3.05) is 0 Å². The van der Waals surface area contributed by atoms with Gasteiger partial charge < -0.3 is 24.8 Å². The van der Waals surface area contributed by atoms with Crippen molar-refractivity contribution in [3.63, 3.8) is 0 Å². The molecule has 4 aliphatic carbocycles. The second-order valence-corrected chi connectivity index (χ2v) is 13.7. The molecule has 0 bridgehead atoms. The Kier molecular flexibility index (Phi) is 10.0. The summed E-state index contributed by atoms with van der Waals surface area (Å²) in [6.07, 6.45) is 17.1. The van der Waals surface area contributed by atoms with Gasteiger partial charge in [-0.2, -0.15) is 11.6 Å². The molecule has 0 fully saturated rings. The first-order valence-electron chi connectivity index (χ1n) is 12.3. The zero-order valence-electron chi connectivity index (χ0n) is 22.8. The minimum atomic E-state index is 0. The predicted molar refractivity (Wildman–Crippen MR) is 145 cm³/mol. The maximum atomic E-state index is 3.65. The van der Waals surface area contributed by atoms with E-state index in [1.165, 1.54) is 58.9 Å². The number of hydrogen-bond donors (Lipinski definition) is 0. The van der Waals surface area contributed by atoms with E-state index in [1.807, 2.05) is 12.2 Å². The molecule has 0 spiro atoms. The molecule has 4 aliphatic rings. The first-order valence-corrected chi connectivity index (χ1v) is 13.5. The van der Waals surface area contributed by atoms with E-state index in [4.69, 9.17) is 0 Å². The van der Waals surface area contributed by atoms with E-state index in [2.05, 4.69) is 104 Å². The third-order valence-electron chi connectivity index (χ3n) is 7.02. The van der Waals surface area contributed by atoms with Crippen molar-refractivity contribution >= 4 is 14.4 Å². The van der Waals surface area contributed by atoms with Gasteiger partial charge in [-0.05, 0) is 58.4 Å². The van der Waals surface area contributed by atoms with Gasteiger partial charge in [-0.25, -0.2) is 17.7 Å². The van der Waals surface area contributed by atoms with Crippen molar-refractivity contribution < 1.29 is 49.0 Å². The summed E-state index contributed by atoms with van der Waals surface area (Å²) in [4.78, 5) is 0. The smallest absolute Gasteiger partial charge is 0.109 e. The Labute approximate surface area is 246 Å². The van der Waals surface area contributed by atoms with Crippen molar-refractivity contribution in [1.29, 1.82) is 0 Å². The van der Waals surface area contributed by atoms with Crippen molar-refractivity contribution in [1.82, 2.24) is 0 Å². The minimum Gasteiger partial charge on any atom is -1.00 e. The Bertz CT molecular complexity index is 1200. The molecule has 0 radical (unpaired) electrons. The SMILES string of the molecule is CC1=[C-]C(C)(C)c2cc3c(cc21)-c1cc2c(cc1C3)C(C)(C)C=C2C.C[C](C)=[Zr+2].[C-]1=CC=CC1.[Cl-].[Cl-]. The topological polar surface area (TPSA) is 0 Å². The average molecular weight is 595 g/mol. The summed E-state index contributed by atoms with van der Waals surface area (Å²) in [6.45, 7) is 17.9. The molecule has 0 atom stereocenters. The van der Waals surface area contributed by atoms with Crippen molar-refractivity contribution in [2.45, 2.75) is 79.1 Å². The zero-order valence-corrected chi connectivity index (χ0v) is 26.8. The van der Waals surface area contributed by atoms with Gasteiger partial charge in [0.25, 0.3) is 0 Å². The van der Waals surface area contributed by atoms with Crippen LogP contribution in [0.2, 0.25) is 0 Å². The summed E-state index contributed by atoms with van der Waals surface area (Å²) in [6, 6.07) is 9.81. The second-order valence-electron chi connectivity index (χ2n) is 11.2. The van der Waals surface area contributed by atoms with E-state index in [9.17, 15) is 0 Å². The van der Waals surface area contributed by atoms with Crippen molar-refractivity contribution in [3.8, 4) is 11.1 Å². The van der Waals surface area contributed by atoms with Crippen LogP contribution in [0, 0.1) is 12.2 Å². The molecule has 36 heavy (non-hydrogen) atoms. The number of halogens is 2. The quantitative estimate of drug-likeness (QED) is 0.351. The van der Waals surface area contributed by atoms with Gasteiger partial charge >= 0.3 is 41.3 Å². The Morgan fingerprint density at radius 2 is 1.39 bits per heavy atom. The molecule has 0 saturated heterocycles. The van der Waals surface area contributed by atoms with Crippen molar-refractivity contribution in [2.24, 2.45) is 0 Å². The molecule has 0 N–H and O–H groups in total. The number of allylic oxidation sites excluding steroid dienone is 8. The Balaban J connectivity index is 0.000000357. The largest absolute Gasteiger partial charge is 1.00 e. The summed E-state index contributed by atoms with van der Waals surface area (Å²) in [5, 5.41) is 0. The summed E-state index contributed by atoms with van der Waals surface area (Å²) in [5.74, 6) is 0. The van der Waals surface area contributed by atoms with Gasteiger partial charge in [0.1, 0.15) is 0 Å². The van der Waals surface area contributed by atoms with Crippen LogP contribution in [0.25, 0.3) is 22.3 Å². The maximum Gasteiger partial charge on any atom is -0.109 e. The maximum absolute atomic E-state index is 3.65. The zero-order chi connectivity index (χ0) is 24.8. The van der Waals surface area contributed by atoms with E-state index < -0.39 is 0 Å². The van der Waals surface area contributed by atoms with Crippen LogP contribution >= 0.6 is 0 Å². The molecule has 0 heterocycles. The predicted octanol–water partition coefficient (Wildman–Crippen LogP) is 2.51. The van der Waals surface area contributed by atoms with Crippen molar-refractivity contribution in [3.05, 3.63) is 94.1 Å². The van der Waals surface area contributed by atoms with Crippen LogP contribution in [-0.4, -0.2) is 3.21 Å². The molecule has 0 nitrogen and oxygen atoms in total. The summed E-state index contributed by atoms with van der Waals surface area (Å²) in [7, 11) is 0. The van der Waals surface area contributed by atoms with Crippen LogP contribution in [0.1, 0.15) is 95.2 Å². The monoisotopic (exact) mass is 592 g/mol. The fourth-order valence-electron chi connectivity index (χ4n) is 5.62. The van der Waals surface area contributed by atoms with Crippen LogP contribution in [0.3, 0.4) is 0 Å². The average Bonchev–Trinajstić information content (AvgIpc) is 3.48. The Morgan fingerprint density at radius 3 is 1.89 bits per heavy atom. The first-order chi connectivity index (χ1) is 15.9. The summed E-state index contributed by atoms with van der Waals surface area (Å²) < 4.78 is 1.51. The minimum absolute atomic E-state index is 0. The molecule has 3 heteroatoms. The Morgan fingerprint density at radius 1 is 0.833 bits per heavy atom. The molecule has 0 unspecified atom stereocenters.